The van der Waals surface area contributed by atoms with Crippen LogP contribution in [-0.2, 0) is 0 Å². The van der Waals surface area contributed by atoms with Crippen LogP contribution in [0.25, 0.3) is 0 Å². The summed E-state index contributed by atoms with van der Waals surface area (Å²) in [5.74, 6) is 0. The molecule has 5 heteroatoms. The van der Waals surface area contributed by atoms with Crippen LogP contribution in [0.3, 0.4) is 0 Å². The molecule has 0 aromatic rings. The Hall–Kier alpha value is 1.12. The largest absolute Gasteiger partial charge is 0.412 e. The normalized spacial score (nSPS) is 6.00. The molecule has 0 aliphatic rings. The van der Waals surface area contributed by atoms with Crippen molar-refractivity contribution in [3.8, 4) is 0 Å². The van der Waals surface area contributed by atoms with E-state index in [0.717, 1.165) is 0 Å². The summed E-state index contributed by atoms with van der Waals surface area (Å²) in [6.45, 7) is 0. The Balaban J connectivity index is -0.0000000450. The van der Waals surface area contributed by atoms with E-state index >= 15 is 0 Å². The molecule has 1 nitrogen and oxygen atoms in total. The molecule has 6 heavy (non-hydrogen) atoms. The van der Waals surface area contributed by atoms with Gasteiger partial charge in [0.05, 0.1) is 0 Å². The van der Waals surface area contributed by atoms with Gasteiger partial charge in [0, 0.05) is 0 Å². The fourth-order valence-corrected chi connectivity index (χ4v) is 0. The zero-order chi connectivity index (χ0) is 3.58. The van der Waals surface area contributed by atoms with Gasteiger partial charge in [0.25, 0.3) is 0 Å². The molecule has 0 heterocycles. The molecule has 0 aliphatic carbocycles. The minimum absolute atomic E-state index is 0. The Morgan fingerprint density at radius 1 is 1.00 bits per heavy atom. The summed E-state index contributed by atoms with van der Waals surface area (Å²) in [5.41, 5.74) is 0. The molecule has 0 aromatic heterocycles. The molecular weight excluding hydrogens is 170 g/mol. The van der Waals surface area contributed by atoms with Crippen LogP contribution in [0, 0.1) is 0 Å². The average molecular weight is 174 g/mol. The molecule has 0 fully saturated rings. The molecule has 0 aromatic carbocycles. The maximum absolute atomic E-state index is 4.81. The predicted molar refractivity (Wildman–Crippen MR) is 32.2 cm³/mol. The van der Waals surface area contributed by atoms with Crippen molar-refractivity contribution in [2.24, 2.45) is 0 Å². The number of hydrogen-bond donors (Lipinski definition) is 0. The number of hydrogen-bond acceptors (Lipinski definition) is 0. The first kappa shape index (κ1) is 15.7. The molecule has 42 valence electrons. The van der Waals surface area contributed by atoms with E-state index in [4.69, 9.17) is 34.8 Å². The van der Waals surface area contributed by atoms with Gasteiger partial charge in [0.15, 0.2) is 4.30 Å². The van der Waals surface area contributed by atoms with Gasteiger partial charge in [-0.1, -0.05) is 34.8 Å². The van der Waals surface area contributed by atoms with Crippen LogP contribution in [-0.4, -0.2) is 9.77 Å². The fraction of sp³-hybridized carbons (Fsp3) is 1.00. The van der Waals surface area contributed by atoms with Crippen LogP contribution >= 0.6 is 47.2 Å². The Labute approximate surface area is 57.3 Å². The summed E-state index contributed by atoms with van der Waals surface area (Å²) in [5, 5.41) is 0. The first-order valence-electron chi connectivity index (χ1n) is 0.655. The first-order chi connectivity index (χ1) is 1.73. The van der Waals surface area contributed by atoms with Gasteiger partial charge in [-0.25, -0.2) is 0 Å². The van der Waals surface area contributed by atoms with E-state index < -0.39 is 4.30 Å². The zero-order valence-electron chi connectivity index (χ0n) is 2.62. The molecule has 0 bridgehead atoms. The average Bonchev–Trinajstić information content (AvgIpc) is 0.811. The molecule has 0 unspecified atom stereocenters. The van der Waals surface area contributed by atoms with Gasteiger partial charge in [-0.2, -0.15) is 0 Å². The van der Waals surface area contributed by atoms with Crippen molar-refractivity contribution in [3.05, 3.63) is 0 Å². The van der Waals surface area contributed by atoms with Crippen LogP contribution in [0.2, 0.25) is 0 Å². The highest BCUT2D eigenvalue weighted by atomic mass is 35.6. The second kappa shape index (κ2) is 9.45. The highest BCUT2D eigenvalue weighted by molar-refractivity contribution is 6.63. The van der Waals surface area contributed by atoms with E-state index in [-0.39, 0.29) is 17.9 Å². The lowest BCUT2D eigenvalue weighted by Crippen LogP contribution is -1.55. The lowest BCUT2D eigenvalue weighted by molar-refractivity contribution is 0.824. The van der Waals surface area contributed by atoms with E-state index in [1.165, 1.54) is 0 Å². The fourth-order valence-electron chi connectivity index (χ4n) is 0. The monoisotopic (exact) mass is 172 g/mol. The van der Waals surface area contributed by atoms with Gasteiger partial charge in [-0.15, -0.1) is 12.4 Å². The lowest BCUT2D eigenvalue weighted by atomic mass is 11.9. The quantitative estimate of drug-likeness (QED) is 0.499. The van der Waals surface area contributed by atoms with Crippen molar-refractivity contribution in [1.82, 2.24) is 0 Å². The third-order valence-corrected chi connectivity index (χ3v) is 0. The Bertz CT molecular complexity index is 12.3. The van der Waals surface area contributed by atoms with Crippen molar-refractivity contribution in [2.75, 3.05) is 0 Å². The minimum atomic E-state index is -0.750. The summed E-state index contributed by atoms with van der Waals surface area (Å²) in [6, 6.07) is 0. The van der Waals surface area contributed by atoms with E-state index in [1.54, 1.807) is 0 Å². The van der Waals surface area contributed by atoms with Gasteiger partial charge in [-0.3, -0.25) is 0 Å². The number of halogens is 4. The smallest absolute Gasteiger partial charge is 0.180 e. The van der Waals surface area contributed by atoms with Gasteiger partial charge in [0.2, 0.25) is 0 Å². The summed E-state index contributed by atoms with van der Waals surface area (Å²) >= 11 is 14.4. The number of alkyl halides is 3. The van der Waals surface area contributed by atoms with Crippen LogP contribution in [0.15, 0.2) is 0 Å². The molecular formula is CH4Cl4O. The summed E-state index contributed by atoms with van der Waals surface area (Å²) in [6.07, 6.45) is 0. The summed E-state index contributed by atoms with van der Waals surface area (Å²) in [4.78, 5) is 0. The molecule has 0 rings (SSSR count). The zero-order valence-corrected chi connectivity index (χ0v) is 5.70. The maximum Gasteiger partial charge on any atom is 0.180 e. The highest BCUT2D eigenvalue weighted by Crippen LogP contribution is 2.03. The topological polar surface area (TPSA) is 31.5 Å². The van der Waals surface area contributed by atoms with Crippen molar-refractivity contribution < 1.29 is 5.48 Å². The van der Waals surface area contributed by atoms with Crippen LogP contribution < -0.4 is 0 Å². The van der Waals surface area contributed by atoms with E-state index in [0.29, 0.717) is 0 Å². The van der Waals surface area contributed by atoms with E-state index in [1.807, 2.05) is 0 Å². The third kappa shape index (κ3) is 69.3. The van der Waals surface area contributed by atoms with Gasteiger partial charge in [-0.05, 0) is 0 Å². The van der Waals surface area contributed by atoms with Crippen molar-refractivity contribution in [3.63, 3.8) is 0 Å². The van der Waals surface area contributed by atoms with Gasteiger partial charge in [0.1, 0.15) is 0 Å². The molecule has 0 atom stereocenters. The Morgan fingerprint density at radius 2 is 1.00 bits per heavy atom. The summed E-state index contributed by atoms with van der Waals surface area (Å²) in [7, 11) is 0. The summed E-state index contributed by atoms with van der Waals surface area (Å²) < 4.78 is -0.750. The van der Waals surface area contributed by atoms with E-state index in [2.05, 4.69) is 0 Å². The molecule has 0 spiro atoms. The predicted octanol–water partition coefficient (Wildman–Crippen LogP) is 1.58. The SMILES string of the molecule is Cl.ClC(Cl)Cl.O. The lowest BCUT2D eigenvalue weighted by Gasteiger charge is -1.69. The second-order valence-corrected chi connectivity index (χ2v) is 2.23. The maximum atomic E-state index is 4.81. The molecule has 0 aliphatic heterocycles. The molecule has 0 saturated carbocycles. The van der Waals surface area contributed by atoms with Crippen LogP contribution in [0.4, 0.5) is 0 Å². The Kier molecular flexibility index (Phi) is 24.7. The van der Waals surface area contributed by atoms with Crippen molar-refractivity contribution in [1.29, 1.82) is 0 Å². The van der Waals surface area contributed by atoms with Crippen molar-refractivity contribution in [2.45, 2.75) is 4.30 Å². The molecule has 2 N–H and O–H groups in total. The Morgan fingerprint density at radius 3 is 1.00 bits per heavy atom. The minimum Gasteiger partial charge on any atom is -0.412 e. The first-order valence-corrected chi connectivity index (χ1v) is 1.96. The molecule has 0 radical (unpaired) electrons. The third-order valence-electron chi connectivity index (χ3n) is 0. The van der Waals surface area contributed by atoms with Crippen molar-refractivity contribution >= 4 is 47.2 Å². The van der Waals surface area contributed by atoms with Crippen LogP contribution in [0.5, 0.6) is 0 Å². The van der Waals surface area contributed by atoms with Gasteiger partial charge < -0.3 is 5.48 Å². The molecule has 0 amide bonds. The van der Waals surface area contributed by atoms with E-state index in [9.17, 15) is 0 Å². The van der Waals surface area contributed by atoms with Gasteiger partial charge >= 0.3 is 0 Å². The highest BCUT2D eigenvalue weighted by Gasteiger charge is 1.78. The number of rotatable bonds is 0. The standard InChI is InChI=1S/CHCl3.ClH.H2O/c2-1(3)4;;/h1H;1H;1H2. The molecule has 0 saturated heterocycles. The van der Waals surface area contributed by atoms with Crippen LogP contribution in [0.1, 0.15) is 0 Å². The second-order valence-electron chi connectivity index (χ2n) is 0.247.